The highest BCUT2D eigenvalue weighted by Crippen LogP contribution is 2.29. The summed E-state index contributed by atoms with van der Waals surface area (Å²) in [6, 6.07) is 2.23. The molecule has 0 saturated heterocycles. The van der Waals surface area contributed by atoms with Crippen LogP contribution in [0, 0.1) is 12.8 Å². The van der Waals surface area contributed by atoms with E-state index in [2.05, 4.69) is 48.1 Å². The summed E-state index contributed by atoms with van der Waals surface area (Å²) in [5, 5.41) is 3.39. The van der Waals surface area contributed by atoms with E-state index in [0.717, 1.165) is 19.0 Å². The minimum atomic E-state index is 0.813. The molecule has 1 N–H and O–H groups in total. The topological polar surface area (TPSA) is 12.0 Å². The molecule has 0 fully saturated rings. The van der Waals surface area contributed by atoms with Gasteiger partial charge in [-0.2, -0.15) is 0 Å². The average molecular weight is 304 g/mol. The third kappa shape index (κ3) is 4.98. The van der Waals surface area contributed by atoms with Crippen molar-refractivity contribution in [3.05, 3.63) is 20.3 Å². The summed E-state index contributed by atoms with van der Waals surface area (Å²) >= 11 is 5.55. The Bertz CT molecular complexity index is 309. The van der Waals surface area contributed by atoms with Gasteiger partial charge in [0, 0.05) is 14.2 Å². The van der Waals surface area contributed by atoms with Crippen LogP contribution in [-0.2, 0) is 6.42 Å². The van der Waals surface area contributed by atoms with Crippen molar-refractivity contribution in [3.63, 3.8) is 0 Å². The maximum atomic E-state index is 3.63. The Kier molecular flexibility index (Phi) is 6.62. The van der Waals surface area contributed by atoms with Crippen LogP contribution in [0.1, 0.15) is 36.4 Å². The maximum absolute atomic E-state index is 3.63. The van der Waals surface area contributed by atoms with E-state index >= 15 is 0 Å². The summed E-state index contributed by atoms with van der Waals surface area (Å²) in [6.45, 7) is 8.93. The third-order valence-corrected chi connectivity index (χ3v) is 4.89. The molecule has 0 bridgehead atoms. The molecule has 0 aliphatic rings. The molecule has 1 heterocycles. The fourth-order valence-corrected chi connectivity index (χ4v) is 3.63. The Hall–Kier alpha value is 0.140. The molecule has 0 aromatic carbocycles. The molecule has 0 aliphatic heterocycles. The largest absolute Gasteiger partial charge is 0.317 e. The van der Waals surface area contributed by atoms with Crippen molar-refractivity contribution in [2.24, 2.45) is 5.92 Å². The van der Waals surface area contributed by atoms with E-state index in [-0.39, 0.29) is 0 Å². The van der Waals surface area contributed by atoms with Gasteiger partial charge in [0.2, 0.25) is 0 Å². The molecule has 1 nitrogen and oxygen atoms in total. The van der Waals surface area contributed by atoms with Gasteiger partial charge in [0.1, 0.15) is 0 Å². The van der Waals surface area contributed by atoms with Gasteiger partial charge in [-0.15, -0.1) is 11.3 Å². The van der Waals surface area contributed by atoms with Gasteiger partial charge in [0.05, 0.1) is 0 Å². The number of thiophene rings is 1. The SMILES string of the molecule is CCNCCC(C)CCc1sc(C)cc1Br. The number of aryl methyl sites for hydroxylation is 2. The molecule has 3 heteroatoms. The molecular formula is C13H22BrNS. The lowest BCUT2D eigenvalue weighted by Gasteiger charge is -2.10. The lowest BCUT2D eigenvalue weighted by molar-refractivity contribution is 0.475. The van der Waals surface area contributed by atoms with Crippen LogP contribution in [0.25, 0.3) is 0 Å². The zero-order chi connectivity index (χ0) is 12.0. The summed E-state index contributed by atoms with van der Waals surface area (Å²) in [5.41, 5.74) is 0. The smallest absolute Gasteiger partial charge is 0.0317 e. The van der Waals surface area contributed by atoms with Gasteiger partial charge in [-0.25, -0.2) is 0 Å². The molecule has 0 radical (unpaired) electrons. The monoisotopic (exact) mass is 303 g/mol. The van der Waals surface area contributed by atoms with Gasteiger partial charge in [-0.05, 0) is 67.2 Å². The molecular weight excluding hydrogens is 282 g/mol. The predicted octanol–water partition coefficient (Wildman–Crippen LogP) is 4.39. The lowest BCUT2D eigenvalue weighted by Crippen LogP contribution is -2.16. The van der Waals surface area contributed by atoms with Crippen LogP contribution in [-0.4, -0.2) is 13.1 Å². The highest BCUT2D eigenvalue weighted by atomic mass is 79.9. The van der Waals surface area contributed by atoms with Gasteiger partial charge < -0.3 is 5.32 Å². The molecule has 92 valence electrons. The molecule has 1 unspecified atom stereocenters. The summed E-state index contributed by atoms with van der Waals surface area (Å²) in [5.74, 6) is 0.813. The van der Waals surface area contributed by atoms with Crippen LogP contribution < -0.4 is 5.32 Å². The first-order chi connectivity index (χ1) is 7.63. The fourth-order valence-electron chi connectivity index (χ4n) is 1.75. The molecule has 1 aromatic rings. The second-order valence-electron chi connectivity index (χ2n) is 4.41. The first kappa shape index (κ1) is 14.2. The van der Waals surface area contributed by atoms with Crippen molar-refractivity contribution in [1.82, 2.24) is 5.32 Å². The molecule has 0 amide bonds. The molecule has 1 atom stereocenters. The quantitative estimate of drug-likeness (QED) is 0.737. The van der Waals surface area contributed by atoms with Gasteiger partial charge in [0.15, 0.2) is 0 Å². The van der Waals surface area contributed by atoms with Crippen LogP contribution in [0.15, 0.2) is 10.5 Å². The van der Waals surface area contributed by atoms with Crippen molar-refractivity contribution in [2.45, 2.75) is 40.0 Å². The second-order valence-corrected chi connectivity index (χ2v) is 6.61. The van der Waals surface area contributed by atoms with E-state index in [4.69, 9.17) is 0 Å². The van der Waals surface area contributed by atoms with Crippen LogP contribution >= 0.6 is 27.3 Å². The first-order valence-electron chi connectivity index (χ1n) is 6.09. The minimum Gasteiger partial charge on any atom is -0.317 e. The van der Waals surface area contributed by atoms with Crippen LogP contribution in [0.5, 0.6) is 0 Å². The average Bonchev–Trinajstić information content (AvgIpc) is 2.55. The number of hydrogen-bond donors (Lipinski definition) is 1. The van der Waals surface area contributed by atoms with Crippen molar-refractivity contribution < 1.29 is 0 Å². The highest BCUT2D eigenvalue weighted by Gasteiger charge is 2.07. The molecule has 1 aromatic heterocycles. The van der Waals surface area contributed by atoms with E-state index < -0.39 is 0 Å². The Balaban J connectivity index is 2.26. The molecule has 16 heavy (non-hydrogen) atoms. The molecule has 0 saturated carbocycles. The van der Waals surface area contributed by atoms with Crippen molar-refractivity contribution in [2.75, 3.05) is 13.1 Å². The summed E-state index contributed by atoms with van der Waals surface area (Å²) < 4.78 is 1.30. The zero-order valence-corrected chi connectivity index (χ0v) is 12.9. The van der Waals surface area contributed by atoms with E-state index in [9.17, 15) is 0 Å². The molecule has 0 spiro atoms. The van der Waals surface area contributed by atoms with E-state index in [0.29, 0.717) is 0 Å². The van der Waals surface area contributed by atoms with Crippen LogP contribution in [0.4, 0.5) is 0 Å². The lowest BCUT2D eigenvalue weighted by atomic mass is 10.0. The van der Waals surface area contributed by atoms with Crippen LogP contribution in [0.2, 0.25) is 0 Å². The maximum Gasteiger partial charge on any atom is 0.0317 e. The molecule has 1 rings (SSSR count). The van der Waals surface area contributed by atoms with Crippen molar-refractivity contribution >= 4 is 27.3 Å². The van der Waals surface area contributed by atoms with E-state index in [1.807, 2.05) is 11.3 Å². The Labute approximate surface area is 112 Å². The molecule has 0 aliphatic carbocycles. The van der Waals surface area contributed by atoms with Gasteiger partial charge >= 0.3 is 0 Å². The zero-order valence-electron chi connectivity index (χ0n) is 10.5. The second kappa shape index (κ2) is 7.46. The van der Waals surface area contributed by atoms with Gasteiger partial charge in [-0.1, -0.05) is 13.8 Å². The Morgan fingerprint density at radius 2 is 2.19 bits per heavy atom. The van der Waals surface area contributed by atoms with E-state index in [1.54, 1.807) is 0 Å². The summed E-state index contributed by atoms with van der Waals surface area (Å²) in [6.07, 6.45) is 3.80. The van der Waals surface area contributed by atoms with Gasteiger partial charge in [-0.3, -0.25) is 0 Å². The normalized spacial score (nSPS) is 13.0. The third-order valence-electron chi connectivity index (χ3n) is 2.81. The first-order valence-corrected chi connectivity index (χ1v) is 7.70. The van der Waals surface area contributed by atoms with Gasteiger partial charge in [0.25, 0.3) is 0 Å². The Morgan fingerprint density at radius 3 is 2.75 bits per heavy atom. The minimum absolute atomic E-state index is 0.813. The number of rotatable bonds is 7. The number of halogens is 1. The van der Waals surface area contributed by atoms with E-state index in [1.165, 1.54) is 33.5 Å². The number of hydrogen-bond acceptors (Lipinski definition) is 2. The summed E-state index contributed by atoms with van der Waals surface area (Å²) in [4.78, 5) is 2.91. The summed E-state index contributed by atoms with van der Waals surface area (Å²) in [7, 11) is 0. The number of nitrogens with one attached hydrogen (secondary N) is 1. The van der Waals surface area contributed by atoms with Crippen molar-refractivity contribution in [3.8, 4) is 0 Å². The predicted molar refractivity (Wildman–Crippen MR) is 77.4 cm³/mol. The van der Waals surface area contributed by atoms with Crippen LogP contribution in [0.3, 0.4) is 0 Å². The highest BCUT2D eigenvalue weighted by molar-refractivity contribution is 9.10. The Morgan fingerprint density at radius 1 is 1.44 bits per heavy atom. The fraction of sp³-hybridized carbons (Fsp3) is 0.692. The van der Waals surface area contributed by atoms with Crippen molar-refractivity contribution in [1.29, 1.82) is 0 Å². The standard InChI is InChI=1S/C13H22BrNS/c1-4-15-8-7-10(2)5-6-13-12(14)9-11(3)16-13/h9-10,15H,4-8H2,1-3H3.